The van der Waals surface area contributed by atoms with Crippen LogP contribution in [0.4, 0.5) is 5.69 Å². The summed E-state index contributed by atoms with van der Waals surface area (Å²) in [4.78, 5) is 29.5. The van der Waals surface area contributed by atoms with E-state index in [1.165, 1.54) is 11.9 Å². The van der Waals surface area contributed by atoms with Gasteiger partial charge in [-0.05, 0) is 66.0 Å². The Balaban J connectivity index is 0.00000125. The second-order valence-electron chi connectivity index (χ2n) is 6.83. The lowest BCUT2D eigenvalue weighted by Crippen LogP contribution is -2.39. The highest BCUT2D eigenvalue weighted by Crippen LogP contribution is 2.34. The van der Waals surface area contributed by atoms with E-state index < -0.39 is 12.0 Å². The molecule has 1 aliphatic rings. The molecule has 0 fully saturated rings. The molecular weight excluding hydrogens is 478 g/mol. The first-order chi connectivity index (χ1) is 15.5. The van der Waals surface area contributed by atoms with Gasteiger partial charge in [-0.25, -0.2) is 9.10 Å². The van der Waals surface area contributed by atoms with Gasteiger partial charge in [0, 0.05) is 40.5 Å². The van der Waals surface area contributed by atoms with Crippen LogP contribution in [0.3, 0.4) is 0 Å². The largest absolute Gasteiger partial charge is 0.478 e. The van der Waals surface area contributed by atoms with Gasteiger partial charge >= 0.3 is 5.97 Å². The minimum Gasteiger partial charge on any atom is -0.478 e. The summed E-state index contributed by atoms with van der Waals surface area (Å²) in [6.07, 6.45) is 2.15. The molecule has 0 spiro atoms. The fourth-order valence-corrected chi connectivity index (χ4v) is 4.43. The molecule has 1 aliphatic heterocycles. The Morgan fingerprint density at radius 3 is 2.55 bits per heavy atom. The third-order valence-corrected chi connectivity index (χ3v) is 6.09. The molecule has 1 aromatic heterocycles. The smallest absolute Gasteiger partial charge is 0.335 e. The number of pyridine rings is 1. The van der Waals surface area contributed by atoms with Gasteiger partial charge in [0.05, 0.1) is 5.56 Å². The number of nitrogens with zero attached hydrogens (tertiary/aromatic N) is 2. The van der Waals surface area contributed by atoms with Crippen molar-refractivity contribution in [2.45, 2.75) is 37.8 Å². The number of amides is 1. The lowest BCUT2D eigenvalue weighted by Gasteiger charge is -2.27. The van der Waals surface area contributed by atoms with Gasteiger partial charge in [-0.15, -0.1) is 0 Å². The first-order valence-corrected chi connectivity index (χ1v) is 11.4. The zero-order valence-electron chi connectivity index (χ0n) is 18.3. The maximum absolute atomic E-state index is 13.1. The molecule has 1 amide bonds. The van der Waals surface area contributed by atoms with Crippen molar-refractivity contribution in [3.63, 3.8) is 0 Å². The number of fused-ring (bicyclic) bond motifs is 1. The minimum absolute atomic E-state index is 0. The summed E-state index contributed by atoms with van der Waals surface area (Å²) in [5.41, 5.74) is 2.68. The summed E-state index contributed by atoms with van der Waals surface area (Å²) in [5, 5.41) is 12.7. The quantitative estimate of drug-likeness (QED) is 0.438. The number of aromatic carboxylic acids is 1. The number of rotatable bonds is 5. The Kier molecular flexibility index (Phi) is 10.2. The van der Waals surface area contributed by atoms with Gasteiger partial charge in [0.1, 0.15) is 6.04 Å². The molecule has 0 aliphatic carbocycles. The number of benzene rings is 2. The van der Waals surface area contributed by atoms with E-state index in [9.17, 15) is 9.59 Å². The molecule has 4 rings (SSSR count). The van der Waals surface area contributed by atoms with Crippen molar-refractivity contribution in [3.8, 4) is 0 Å². The first-order valence-electron chi connectivity index (χ1n) is 10.3. The SMILES string of the molecule is CC.O=C(O)c1ccc(SN2Cc3ccc(Cl)cc3NC(=O)C2Cc2ccccn2)cc1.S. The number of nitrogens with one attached hydrogen (secondary N) is 1. The number of carboxylic acid groups (broad SMARTS) is 1. The maximum atomic E-state index is 13.1. The predicted octanol–water partition coefficient (Wildman–Crippen LogP) is 5.64. The molecule has 1 unspecified atom stereocenters. The predicted molar refractivity (Wildman–Crippen MR) is 138 cm³/mol. The van der Waals surface area contributed by atoms with Crippen molar-refractivity contribution >= 4 is 54.6 Å². The summed E-state index contributed by atoms with van der Waals surface area (Å²) < 4.78 is 2.00. The number of halogens is 1. The maximum Gasteiger partial charge on any atom is 0.335 e. The van der Waals surface area contributed by atoms with Gasteiger partial charge in [0.2, 0.25) is 5.91 Å². The summed E-state index contributed by atoms with van der Waals surface area (Å²) in [5.74, 6) is -1.11. The number of hydrogen-bond donors (Lipinski definition) is 2. The Hall–Kier alpha value is -2.52. The normalized spacial score (nSPS) is 15.1. The highest BCUT2D eigenvalue weighted by atomic mass is 35.5. The molecule has 1 atom stereocenters. The van der Waals surface area contributed by atoms with Crippen molar-refractivity contribution in [1.82, 2.24) is 9.29 Å². The molecular formula is C24H26ClN3O3S2. The van der Waals surface area contributed by atoms with Crippen LogP contribution in [-0.4, -0.2) is 32.3 Å². The van der Waals surface area contributed by atoms with Crippen LogP contribution in [0.2, 0.25) is 5.02 Å². The van der Waals surface area contributed by atoms with Gasteiger partial charge in [0.25, 0.3) is 0 Å². The van der Waals surface area contributed by atoms with Crippen molar-refractivity contribution < 1.29 is 14.7 Å². The Morgan fingerprint density at radius 2 is 1.91 bits per heavy atom. The number of aromatic nitrogens is 1. The fourth-order valence-electron chi connectivity index (χ4n) is 3.23. The monoisotopic (exact) mass is 503 g/mol. The average Bonchev–Trinajstić information content (AvgIpc) is 2.92. The Morgan fingerprint density at radius 1 is 1.18 bits per heavy atom. The molecule has 174 valence electrons. The van der Waals surface area contributed by atoms with Crippen LogP contribution in [0.25, 0.3) is 0 Å². The molecule has 0 bridgehead atoms. The minimum atomic E-state index is -0.973. The van der Waals surface area contributed by atoms with Crippen molar-refractivity contribution in [2.75, 3.05) is 5.32 Å². The lowest BCUT2D eigenvalue weighted by molar-refractivity contribution is -0.119. The highest BCUT2D eigenvalue weighted by Gasteiger charge is 2.32. The van der Waals surface area contributed by atoms with E-state index in [0.717, 1.165) is 16.2 Å². The molecule has 0 radical (unpaired) electrons. The van der Waals surface area contributed by atoms with Gasteiger partial charge < -0.3 is 10.4 Å². The van der Waals surface area contributed by atoms with E-state index >= 15 is 0 Å². The van der Waals surface area contributed by atoms with Gasteiger partial charge in [-0.3, -0.25) is 9.78 Å². The van der Waals surface area contributed by atoms with E-state index in [0.29, 0.717) is 23.7 Å². The summed E-state index contributed by atoms with van der Waals surface area (Å²) in [6.45, 7) is 4.51. The summed E-state index contributed by atoms with van der Waals surface area (Å²) in [6, 6.07) is 17.2. The van der Waals surface area contributed by atoms with Crippen LogP contribution in [0, 0.1) is 0 Å². The third-order valence-electron chi connectivity index (χ3n) is 4.76. The molecule has 0 saturated carbocycles. The summed E-state index contributed by atoms with van der Waals surface area (Å²) in [7, 11) is 0. The number of carboxylic acids is 1. The van der Waals surface area contributed by atoms with E-state index in [4.69, 9.17) is 16.7 Å². The Labute approximate surface area is 210 Å². The van der Waals surface area contributed by atoms with Crippen molar-refractivity contribution in [2.24, 2.45) is 0 Å². The zero-order chi connectivity index (χ0) is 23.1. The van der Waals surface area contributed by atoms with Gasteiger partial charge in [-0.1, -0.05) is 37.6 Å². The van der Waals surface area contributed by atoms with Crippen molar-refractivity contribution in [3.05, 3.63) is 88.7 Å². The molecule has 2 heterocycles. The number of anilines is 1. The van der Waals surface area contributed by atoms with Crippen LogP contribution in [0.5, 0.6) is 0 Å². The van der Waals surface area contributed by atoms with Gasteiger partial charge in [-0.2, -0.15) is 13.5 Å². The van der Waals surface area contributed by atoms with Crippen LogP contribution >= 0.6 is 37.0 Å². The van der Waals surface area contributed by atoms with Crippen LogP contribution in [-0.2, 0) is 17.8 Å². The molecule has 2 aromatic carbocycles. The second kappa shape index (κ2) is 12.6. The number of carbonyl (C=O) groups excluding carboxylic acids is 1. The second-order valence-corrected chi connectivity index (χ2v) is 8.39. The van der Waals surface area contributed by atoms with E-state index in [2.05, 4.69) is 10.3 Å². The Bertz CT molecular complexity index is 1080. The molecule has 33 heavy (non-hydrogen) atoms. The fraction of sp³-hybridized carbons (Fsp3) is 0.208. The first kappa shape index (κ1) is 26.7. The van der Waals surface area contributed by atoms with Crippen LogP contribution in [0.15, 0.2) is 71.8 Å². The molecule has 6 nitrogen and oxygen atoms in total. The van der Waals surface area contributed by atoms with Crippen LogP contribution in [0.1, 0.15) is 35.5 Å². The molecule has 9 heteroatoms. The standard InChI is InChI=1S/C22H18ClN3O3S.C2H6.H2S/c23-16-7-4-15-13-26(30-18-8-5-14(6-9-18)22(28)29)20(21(27)25-19(15)11-16)12-17-3-1-2-10-24-17;1-2;/h1-11,20H,12-13H2,(H,25,27)(H,28,29);1-2H3;1H2. The third kappa shape index (κ3) is 6.98. The number of hydrogen-bond acceptors (Lipinski definition) is 5. The van der Waals surface area contributed by atoms with Crippen LogP contribution < -0.4 is 5.32 Å². The molecule has 3 aromatic rings. The highest BCUT2D eigenvalue weighted by molar-refractivity contribution is 7.97. The van der Waals surface area contributed by atoms with E-state index in [-0.39, 0.29) is 25.0 Å². The molecule has 2 N–H and O–H groups in total. The molecule has 0 saturated heterocycles. The van der Waals surface area contributed by atoms with E-state index in [1.54, 1.807) is 42.6 Å². The van der Waals surface area contributed by atoms with E-state index in [1.807, 2.05) is 42.4 Å². The zero-order valence-corrected chi connectivity index (χ0v) is 20.9. The number of carbonyl (C=O) groups is 2. The van der Waals surface area contributed by atoms with Crippen molar-refractivity contribution in [1.29, 1.82) is 0 Å². The average molecular weight is 504 g/mol. The topological polar surface area (TPSA) is 82.5 Å². The van der Waals surface area contributed by atoms with Gasteiger partial charge in [0.15, 0.2) is 0 Å². The summed E-state index contributed by atoms with van der Waals surface area (Å²) >= 11 is 7.54. The lowest BCUT2D eigenvalue weighted by atomic mass is 10.1.